The molecule has 0 amide bonds. The first kappa shape index (κ1) is 19.3. The lowest BCUT2D eigenvalue weighted by molar-refractivity contribution is -0.351. The molecule has 0 spiro atoms. The van der Waals surface area contributed by atoms with Gasteiger partial charge in [0.05, 0.1) is 12.7 Å². The third kappa shape index (κ3) is 3.80. The highest BCUT2D eigenvalue weighted by molar-refractivity contribution is 7.80. The Morgan fingerprint density at radius 2 is 1.43 bits per heavy atom. The quantitative estimate of drug-likeness (QED) is 0.229. The van der Waals surface area contributed by atoms with Gasteiger partial charge in [0.25, 0.3) is 0 Å². The van der Waals surface area contributed by atoms with Gasteiger partial charge in [-0.15, -0.1) is 0 Å². The monoisotopic (exact) mass is 358 g/mol. The highest BCUT2D eigenvalue weighted by Crippen LogP contribution is 2.28. The van der Waals surface area contributed by atoms with E-state index in [0.717, 1.165) is 0 Å². The molecule has 0 aromatic heterocycles. The summed E-state index contributed by atoms with van der Waals surface area (Å²) in [5, 5.41) is 67.7. The minimum atomic E-state index is -1.71. The second kappa shape index (κ2) is 7.89. The van der Waals surface area contributed by atoms with Gasteiger partial charge in [-0.05, 0) is 0 Å². The van der Waals surface area contributed by atoms with Crippen molar-refractivity contribution in [2.24, 2.45) is 0 Å². The largest absolute Gasteiger partial charge is 0.394 e. The summed E-state index contributed by atoms with van der Waals surface area (Å²) in [6, 6.07) is 0. The Morgan fingerprint density at radius 3 is 2.00 bits per heavy atom. The van der Waals surface area contributed by atoms with Crippen LogP contribution in [0, 0.1) is 0 Å². The fourth-order valence-electron chi connectivity index (χ4n) is 2.57. The van der Waals surface area contributed by atoms with Crippen molar-refractivity contribution < 1.29 is 50.0 Å². The molecule has 1 unspecified atom stereocenters. The molecule has 0 aromatic rings. The van der Waals surface area contributed by atoms with Crippen molar-refractivity contribution in [1.82, 2.24) is 0 Å². The molecule has 10 nitrogen and oxygen atoms in total. The van der Waals surface area contributed by atoms with Crippen molar-refractivity contribution in [2.75, 3.05) is 12.4 Å². The number of hydrogen-bond donors (Lipinski definition) is 8. The molecule has 10 atom stereocenters. The number of hydrogen-bond acceptors (Lipinski definition) is 11. The van der Waals surface area contributed by atoms with Crippen molar-refractivity contribution >= 4 is 12.6 Å². The van der Waals surface area contributed by atoms with Gasteiger partial charge in [0, 0.05) is 5.75 Å². The van der Waals surface area contributed by atoms with E-state index < -0.39 is 68.0 Å². The standard InChI is InChI=1S/C12H22O10S/c13-1-3-10(7(16)8(17)11(19)20-3)22-12-9(18)6(15)5(14)4(2-23)21-12/h3-19,23H,1-2H2/t3-,4-,5+,6+,7-,8-,9-,10-,11?,12+/m1/s1. The van der Waals surface area contributed by atoms with Crippen LogP contribution in [-0.4, -0.2) is 110 Å². The van der Waals surface area contributed by atoms with Gasteiger partial charge in [0.1, 0.15) is 42.7 Å². The summed E-state index contributed by atoms with van der Waals surface area (Å²) in [5.74, 6) is 0.0271. The lowest BCUT2D eigenvalue weighted by Gasteiger charge is -2.45. The molecule has 2 aliphatic heterocycles. The van der Waals surface area contributed by atoms with Crippen molar-refractivity contribution in [3.63, 3.8) is 0 Å². The highest BCUT2D eigenvalue weighted by Gasteiger charge is 2.49. The molecule has 0 radical (unpaired) electrons. The number of rotatable bonds is 4. The smallest absolute Gasteiger partial charge is 0.187 e. The topological polar surface area (TPSA) is 169 Å². The molecular formula is C12H22O10S. The summed E-state index contributed by atoms with van der Waals surface area (Å²) in [5.41, 5.74) is 0. The second-order valence-corrected chi connectivity index (χ2v) is 5.89. The second-order valence-electron chi connectivity index (χ2n) is 5.53. The van der Waals surface area contributed by atoms with E-state index in [1.807, 2.05) is 0 Å². The van der Waals surface area contributed by atoms with Gasteiger partial charge < -0.3 is 50.0 Å². The fraction of sp³-hybridized carbons (Fsp3) is 1.00. The Bertz CT molecular complexity index is 383. The molecule has 0 aromatic carbocycles. The first-order chi connectivity index (χ1) is 10.8. The van der Waals surface area contributed by atoms with Crippen LogP contribution in [0.3, 0.4) is 0 Å². The maximum Gasteiger partial charge on any atom is 0.187 e. The lowest BCUT2D eigenvalue weighted by atomic mass is 9.97. The molecular weight excluding hydrogens is 336 g/mol. The molecule has 2 aliphatic rings. The van der Waals surface area contributed by atoms with Gasteiger partial charge >= 0.3 is 0 Å². The summed E-state index contributed by atoms with van der Waals surface area (Å²) >= 11 is 3.96. The third-order valence-electron chi connectivity index (χ3n) is 3.98. The first-order valence-corrected chi connectivity index (χ1v) is 7.71. The van der Waals surface area contributed by atoms with Gasteiger partial charge in [-0.3, -0.25) is 0 Å². The molecule has 2 rings (SSSR count). The van der Waals surface area contributed by atoms with Crippen molar-refractivity contribution in [2.45, 2.75) is 61.4 Å². The third-order valence-corrected chi connectivity index (χ3v) is 4.34. The van der Waals surface area contributed by atoms with Crippen LogP contribution in [0.25, 0.3) is 0 Å². The predicted octanol–water partition coefficient (Wildman–Crippen LogP) is -4.46. The Kier molecular flexibility index (Phi) is 6.61. The van der Waals surface area contributed by atoms with Gasteiger partial charge in [-0.1, -0.05) is 0 Å². The van der Waals surface area contributed by atoms with Crippen LogP contribution in [0.1, 0.15) is 0 Å². The summed E-state index contributed by atoms with van der Waals surface area (Å²) in [4.78, 5) is 0. The zero-order chi connectivity index (χ0) is 17.3. The molecule has 7 N–H and O–H groups in total. The van der Waals surface area contributed by atoms with E-state index in [4.69, 9.17) is 14.2 Å². The van der Waals surface area contributed by atoms with E-state index >= 15 is 0 Å². The number of ether oxygens (including phenoxy) is 3. The summed E-state index contributed by atoms with van der Waals surface area (Å²) in [6.45, 7) is -0.643. The van der Waals surface area contributed by atoms with Gasteiger partial charge in [-0.25, -0.2) is 0 Å². The SMILES string of the molecule is OC[C@H]1OC(O)[C@H](O)[C@@H](O)[C@@H]1O[C@@H]1O[C@H](CS)[C@H](O)[C@H](O)[C@H]1O. The number of aliphatic hydroxyl groups is 7. The molecule has 2 saturated heterocycles. The summed E-state index contributed by atoms with van der Waals surface area (Å²) in [6.07, 6.45) is -14.6. The first-order valence-electron chi connectivity index (χ1n) is 7.08. The predicted molar refractivity (Wildman–Crippen MR) is 75.4 cm³/mol. The van der Waals surface area contributed by atoms with Crippen LogP contribution < -0.4 is 0 Å². The summed E-state index contributed by atoms with van der Waals surface area (Å²) in [7, 11) is 0. The average Bonchev–Trinajstić information content (AvgIpc) is 2.55. The number of aliphatic hydroxyl groups excluding tert-OH is 7. The Hall–Kier alpha value is -0.0500. The van der Waals surface area contributed by atoms with Crippen LogP contribution in [0.4, 0.5) is 0 Å². The van der Waals surface area contributed by atoms with E-state index in [1.54, 1.807) is 0 Å². The average molecular weight is 358 g/mol. The van der Waals surface area contributed by atoms with E-state index in [2.05, 4.69) is 12.6 Å². The molecule has 136 valence electrons. The van der Waals surface area contributed by atoms with E-state index in [9.17, 15) is 35.7 Å². The van der Waals surface area contributed by atoms with Crippen LogP contribution in [0.15, 0.2) is 0 Å². The zero-order valence-corrected chi connectivity index (χ0v) is 12.9. The fourth-order valence-corrected chi connectivity index (χ4v) is 2.87. The summed E-state index contributed by atoms with van der Waals surface area (Å²) < 4.78 is 15.5. The molecule has 0 aliphatic carbocycles. The minimum Gasteiger partial charge on any atom is -0.394 e. The van der Waals surface area contributed by atoms with Crippen LogP contribution in [0.5, 0.6) is 0 Å². The molecule has 0 saturated carbocycles. The highest BCUT2D eigenvalue weighted by atomic mass is 32.1. The number of thiol groups is 1. The maximum absolute atomic E-state index is 9.98. The van der Waals surface area contributed by atoms with Gasteiger partial charge in [-0.2, -0.15) is 12.6 Å². The molecule has 2 heterocycles. The van der Waals surface area contributed by atoms with Gasteiger partial charge in [0.15, 0.2) is 12.6 Å². The van der Waals surface area contributed by atoms with Crippen LogP contribution in [0.2, 0.25) is 0 Å². The van der Waals surface area contributed by atoms with Crippen molar-refractivity contribution in [3.8, 4) is 0 Å². The Morgan fingerprint density at radius 1 is 0.783 bits per heavy atom. The molecule has 0 bridgehead atoms. The lowest BCUT2D eigenvalue weighted by Crippen LogP contribution is -2.64. The molecule has 11 heteroatoms. The Labute approximate surface area is 137 Å². The van der Waals surface area contributed by atoms with E-state index in [0.29, 0.717) is 0 Å². The van der Waals surface area contributed by atoms with Crippen LogP contribution in [-0.2, 0) is 14.2 Å². The van der Waals surface area contributed by atoms with Gasteiger partial charge in [0.2, 0.25) is 0 Å². The minimum absolute atomic E-state index is 0.0271. The van der Waals surface area contributed by atoms with Crippen LogP contribution >= 0.6 is 12.6 Å². The molecule has 2 fully saturated rings. The van der Waals surface area contributed by atoms with Crippen molar-refractivity contribution in [1.29, 1.82) is 0 Å². The Balaban J connectivity index is 2.11. The maximum atomic E-state index is 9.98. The van der Waals surface area contributed by atoms with E-state index in [-0.39, 0.29) is 5.75 Å². The normalized spacial score (nSPS) is 51.7. The molecule has 23 heavy (non-hydrogen) atoms. The van der Waals surface area contributed by atoms with Crippen molar-refractivity contribution in [3.05, 3.63) is 0 Å². The zero-order valence-electron chi connectivity index (χ0n) is 12.0. The van der Waals surface area contributed by atoms with E-state index in [1.165, 1.54) is 0 Å².